The molecule has 0 aromatic heterocycles. The number of aromatic nitrogens is 3. The van der Waals surface area contributed by atoms with Gasteiger partial charge in [0, 0.05) is 19.4 Å². The molecule has 0 bridgehead atoms. The van der Waals surface area contributed by atoms with E-state index in [2.05, 4.69) is 20.3 Å². The van der Waals surface area contributed by atoms with E-state index in [4.69, 9.17) is 0 Å². The van der Waals surface area contributed by atoms with E-state index in [9.17, 15) is 14.4 Å². The van der Waals surface area contributed by atoms with Crippen molar-refractivity contribution < 1.29 is 14.3 Å². The van der Waals surface area contributed by atoms with Gasteiger partial charge in [0.25, 0.3) is 5.56 Å². The van der Waals surface area contributed by atoms with Crippen molar-refractivity contribution in [3.63, 3.8) is 0 Å². The molecule has 8 nitrogen and oxygen atoms in total. The van der Waals surface area contributed by atoms with E-state index in [1.807, 2.05) is 0 Å². The number of rotatable bonds is 3. The van der Waals surface area contributed by atoms with Gasteiger partial charge in [0.05, 0.1) is 12.7 Å². The van der Waals surface area contributed by atoms with Crippen LogP contribution in [0.25, 0.3) is 11.3 Å². The molecule has 2 N–H and O–H groups in total. The number of aromatic amines is 1. The Morgan fingerprint density at radius 1 is 1.45 bits per heavy atom. The molecule has 0 aliphatic carbocycles. The zero-order valence-corrected chi connectivity index (χ0v) is 11.3. The highest BCUT2D eigenvalue weighted by atomic mass is 16.5. The van der Waals surface area contributed by atoms with Crippen molar-refractivity contribution in [3.8, 4) is 11.3 Å². The molecule has 0 unspecified atom stereocenters. The lowest BCUT2D eigenvalue weighted by molar-refractivity contribution is -0.123. The molecule has 0 radical (unpaired) electrons. The maximum Gasteiger partial charge on any atom is 0.341 e. The number of pyridine rings is 1. The molecule has 106 valence electrons. The number of hydrogen-bond donors (Lipinski definition) is 2. The third kappa shape index (κ3) is 2.15. The molecule has 0 aromatic rings. The number of esters is 1. The lowest BCUT2D eigenvalue weighted by Crippen LogP contribution is -2.28. The minimum absolute atomic E-state index is 0.124. The Bertz CT molecular complexity index is 687. The number of nitrogens with zero attached hydrogens (tertiary/aromatic N) is 2. The van der Waals surface area contributed by atoms with Crippen LogP contribution in [0.4, 0.5) is 0 Å². The summed E-state index contributed by atoms with van der Waals surface area (Å²) in [5.74, 6) is -0.874. The van der Waals surface area contributed by atoms with Gasteiger partial charge in [-0.25, -0.2) is 9.89 Å². The van der Waals surface area contributed by atoms with Gasteiger partial charge in [-0.05, 0) is 6.92 Å². The Hall–Kier alpha value is -2.64. The number of amides is 1. The summed E-state index contributed by atoms with van der Waals surface area (Å²) >= 11 is 0. The Kier molecular flexibility index (Phi) is 3.55. The van der Waals surface area contributed by atoms with Crippen molar-refractivity contribution in [2.24, 2.45) is 0 Å². The molecule has 2 rings (SSSR count). The van der Waals surface area contributed by atoms with Crippen LogP contribution in [0.2, 0.25) is 0 Å². The molecule has 2 heterocycles. The van der Waals surface area contributed by atoms with E-state index < -0.39 is 17.6 Å². The molecule has 20 heavy (non-hydrogen) atoms. The number of H-pyrrole nitrogens is 1. The van der Waals surface area contributed by atoms with Crippen LogP contribution in [0.1, 0.15) is 23.3 Å². The molecule has 2 aliphatic heterocycles. The normalized spacial score (nSPS) is 12.2. The number of carbonyl (C=O) groups excluding carboxylic acids is 2. The van der Waals surface area contributed by atoms with Gasteiger partial charge in [-0.1, -0.05) is 0 Å². The fourth-order valence-corrected chi connectivity index (χ4v) is 1.88. The van der Waals surface area contributed by atoms with Crippen molar-refractivity contribution in [1.29, 1.82) is 0 Å². The second-order valence-electron chi connectivity index (χ2n) is 4.22. The van der Waals surface area contributed by atoms with Gasteiger partial charge in [0.2, 0.25) is 5.91 Å². The predicted molar refractivity (Wildman–Crippen MR) is 69.6 cm³/mol. The molecule has 1 atom stereocenters. The van der Waals surface area contributed by atoms with Gasteiger partial charge in [-0.2, -0.15) is 5.10 Å². The molecule has 1 amide bonds. The van der Waals surface area contributed by atoms with E-state index in [0.717, 1.165) is 0 Å². The summed E-state index contributed by atoms with van der Waals surface area (Å²) in [7, 11) is 2.74. The predicted octanol–water partition coefficient (Wildman–Crippen LogP) is -0.230. The first-order chi connectivity index (χ1) is 9.49. The number of fused-ring (bicyclic) bond motifs is 1. The molecule has 0 spiro atoms. The largest absolute Gasteiger partial charge is 0.465 e. The smallest absolute Gasteiger partial charge is 0.341 e. The zero-order valence-electron chi connectivity index (χ0n) is 11.3. The van der Waals surface area contributed by atoms with Crippen LogP contribution < -0.4 is 10.9 Å². The number of ether oxygens (including phenoxy) is 1. The minimum Gasteiger partial charge on any atom is -0.465 e. The summed E-state index contributed by atoms with van der Waals surface area (Å²) in [6.45, 7) is 1.65. The van der Waals surface area contributed by atoms with Gasteiger partial charge in [0.15, 0.2) is 0 Å². The third-order valence-corrected chi connectivity index (χ3v) is 3.06. The number of hydrogen-bond acceptors (Lipinski definition) is 5. The summed E-state index contributed by atoms with van der Waals surface area (Å²) in [6, 6.07) is -0.581. The van der Waals surface area contributed by atoms with Crippen molar-refractivity contribution >= 4 is 11.9 Å². The average molecular weight is 278 g/mol. The van der Waals surface area contributed by atoms with Crippen LogP contribution in [0.5, 0.6) is 0 Å². The van der Waals surface area contributed by atoms with Gasteiger partial charge in [-0.3, -0.25) is 9.59 Å². The van der Waals surface area contributed by atoms with E-state index in [1.54, 1.807) is 6.92 Å². The van der Waals surface area contributed by atoms with E-state index in [0.29, 0.717) is 0 Å². The number of likely N-dealkylation sites (N-methyl/N-ethyl adjacent to an activating group) is 1. The number of nitrogens with one attached hydrogen (secondary N) is 2. The fraction of sp³-hybridized carbons (Fsp3) is 0.333. The Labute approximate surface area is 114 Å². The monoisotopic (exact) mass is 278 g/mol. The molecule has 0 fully saturated rings. The first-order valence-corrected chi connectivity index (χ1v) is 5.89. The van der Waals surface area contributed by atoms with Crippen LogP contribution in [-0.2, 0) is 9.53 Å². The molecular formula is C12H14N4O4. The summed E-state index contributed by atoms with van der Waals surface area (Å²) in [4.78, 5) is 35.1. The highest BCUT2D eigenvalue weighted by Crippen LogP contribution is 2.22. The van der Waals surface area contributed by atoms with Crippen LogP contribution in [0.3, 0.4) is 0 Å². The second-order valence-corrected chi connectivity index (χ2v) is 4.22. The standard InChI is InChI=1S/C12H14N4O4/c1-6(10(17)13-2)16-4-7-9(14-15-11(7)18)8(5-16)12(19)20-3/h4-6H,1-3H3,(H,13,17)(H,15,18)/t6-/m1/s1. The molecule has 2 aliphatic rings. The summed E-state index contributed by atoms with van der Waals surface area (Å²) in [6.07, 6.45) is 2.92. The molecular weight excluding hydrogens is 264 g/mol. The maximum absolute atomic E-state index is 11.8. The fourth-order valence-electron chi connectivity index (χ4n) is 1.88. The van der Waals surface area contributed by atoms with Crippen molar-refractivity contribution in [3.05, 3.63) is 28.3 Å². The molecule has 8 heteroatoms. The minimum atomic E-state index is -0.625. The summed E-state index contributed by atoms with van der Waals surface area (Å²) < 4.78 is 6.14. The highest BCUT2D eigenvalue weighted by Gasteiger charge is 2.24. The summed E-state index contributed by atoms with van der Waals surface area (Å²) in [5, 5.41) is 8.58. The SMILES string of the molecule is CNC(=O)[C@@H](C)n1cc(C(=O)OC)c2n[nH]c(=O)c-2c1. The number of carbonyl (C=O) groups is 2. The Balaban J connectivity index is 2.65. The van der Waals surface area contributed by atoms with Crippen LogP contribution in [0, 0.1) is 0 Å². The van der Waals surface area contributed by atoms with Crippen LogP contribution in [0.15, 0.2) is 17.2 Å². The molecule has 0 saturated carbocycles. The topological polar surface area (TPSA) is 106 Å². The number of methoxy groups -OCH3 is 1. The Morgan fingerprint density at radius 3 is 2.75 bits per heavy atom. The quantitative estimate of drug-likeness (QED) is 0.754. The first-order valence-electron chi connectivity index (χ1n) is 5.89. The zero-order chi connectivity index (χ0) is 14.9. The van der Waals surface area contributed by atoms with Gasteiger partial charge >= 0.3 is 5.97 Å². The van der Waals surface area contributed by atoms with E-state index >= 15 is 0 Å². The lowest BCUT2D eigenvalue weighted by atomic mass is 10.1. The second kappa shape index (κ2) is 5.16. The van der Waals surface area contributed by atoms with Crippen LogP contribution >= 0.6 is 0 Å². The van der Waals surface area contributed by atoms with Crippen LogP contribution in [-0.4, -0.2) is 40.8 Å². The molecule has 0 saturated heterocycles. The van der Waals surface area contributed by atoms with E-state index in [1.165, 1.54) is 31.1 Å². The lowest BCUT2D eigenvalue weighted by Gasteiger charge is -2.17. The van der Waals surface area contributed by atoms with E-state index in [-0.39, 0.29) is 22.7 Å². The average Bonchev–Trinajstić information content (AvgIpc) is 2.85. The van der Waals surface area contributed by atoms with Gasteiger partial charge < -0.3 is 14.6 Å². The first kappa shape index (κ1) is 13.8. The third-order valence-electron chi connectivity index (χ3n) is 3.06. The van der Waals surface area contributed by atoms with Gasteiger partial charge in [0.1, 0.15) is 17.3 Å². The van der Waals surface area contributed by atoms with Crippen molar-refractivity contribution in [2.45, 2.75) is 13.0 Å². The Morgan fingerprint density at radius 2 is 2.15 bits per heavy atom. The highest BCUT2D eigenvalue weighted by molar-refractivity contribution is 5.96. The molecule has 0 aromatic carbocycles. The van der Waals surface area contributed by atoms with Crippen molar-refractivity contribution in [1.82, 2.24) is 20.1 Å². The van der Waals surface area contributed by atoms with Gasteiger partial charge in [-0.15, -0.1) is 0 Å². The summed E-state index contributed by atoms with van der Waals surface area (Å²) in [5.41, 5.74) is 0.147. The maximum atomic E-state index is 11.8. The van der Waals surface area contributed by atoms with Crippen molar-refractivity contribution in [2.75, 3.05) is 14.2 Å².